The van der Waals surface area contributed by atoms with Crippen LogP contribution in [0.4, 0.5) is 0 Å². The second-order valence-corrected chi connectivity index (χ2v) is 6.80. The maximum absolute atomic E-state index is 12.1. The summed E-state index contributed by atoms with van der Waals surface area (Å²) in [5.41, 5.74) is 0. The summed E-state index contributed by atoms with van der Waals surface area (Å²) < 4.78 is 28.6. The molecule has 2 unspecified atom stereocenters. The Labute approximate surface area is 96.8 Å². The molecular formula is C10H19N3O2S. The number of rotatable bonds is 3. The quantitative estimate of drug-likeness (QED) is 0.706. The Morgan fingerprint density at radius 3 is 2.31 bits per heavy atom. The molecule has 6 heteroatoms. The molecule has 2 N–H and O–H groups in total. The second-order valence-electron chi connectivity index (χ2n) is 5.09. The first-order valence-corrected chi connectivity index (χ1v) is 7.60. The van der Waals surface area contributed by atoms with Crippen LogP contribution in [0.15, 0.2) is 0 Å². The molecule has 0 radical (unpaired) electrons. The summed E-state index contributed by atoms with van der Waals surface area (Å²) in [5, 5.41) is 3.27. The Balaban J connectivity index is 1.60. The molecule has 2 atom stereocenters. The summed E-state index contributed by atoms with van der Waals surface area (Å²) in [6.07, 6.45) is 3.16. The minimum Gasteiger partial charge on any atom is -0.316 e. The minimum absolute atomic E-state index is 0.202. The highest BCUT2D eigenvalue weighted by Crippen LogP contribution is 2.42. The van der Waals surface area contributed by atoms with Crippen molar-refractivity contribution < 1.29 is 8.42 Å². The summed E-state index contributed by atoms with van der Waals surface area (Å²) >= 11 is 0. The summed E-state index contributed by atoms with van der Waals surface area (Å²) in [6.45, 7) is 3.32. The predicted octanol–water partition coefficient (Wildman–Crippen LogP) is -0.475. The van der Waals surface area contributed by atoms with Crippen molar-refractivity contribution in [1.82, 2.24) is 14.3 Å². The highest BCUT2D eigenvalue weighted by molar-refractivity contribution is 7.87. The maximum Gasteiger partial charge on any atom is 0.279 e. The number of hydrogen-bond donors (Lipinski definition) is 2. The van der Waals surface area contributed by atoms with E-state index in [0.717, 1.165) is 32.4 Å². The summed E-state index contributed by atoms with van der Waals surface area (Å²) in [7, 11) is -3.21. The van der Waals surface area contributed by atoms with Crippen molar-refractivity contribution >= 4 is 10.2 Å². The molecule has 1 aliphatic carbocycles. The second kappa shape index (κ2) is 3.94. The third-order valence-electron chi connectivity index (χ3n) is 4.03. The van der Waals surface area contributed by atoms with Crippen LogP contribution in [0, 0.1) is 11.8 Å². The van der Waals surface area contributed by atoms with Crippen LogP contribution in [0.25, 0.3) is 0 Å². The molecule has 5 nitrogen and oxygen atoms in total. The molecule has 1 saturated carbocycles. The standard InChI is InChI=1S/C10H19N3O2S/c14-16(15,13-4-2-1-3-5-13)12-10-8-6-11-7-9(8)10/h8-12H,1-7H2. The number of hydrogen-bond acceptors (Lipinski definition) is 3. The fourth-order valence-corrected chi connectivity index (χ4v) is 4.53. The molecule has 2 aliphatic heterocycles. The van der Waals surface area contributed by atoms with Crippen LogP contribution in [0.3, 0.4) is 0 Å². The van der Waals surface area contributed by atoms with E-state index in [9.17, 15) is 8.42 Å². The van der Waals surface area contributed by atoms with Crippen molar-refractivity contribution in [3.8, 4) is 0 Å². The lowest BCUT2D eigenvalue weighted by Gasteiger charge is -2.26. The third-order valence-corrected chi connectivity index (χ3v) is 5.65. The molecule has 3 fully saturated rings. The Hall–Kier alpha value is -0.170. The fraction of sp³-hybridized carbons (Fsp3) is 1.00. The molecule has 92 valence electrons. The van der Waals surface area contributed by atoms with Gasteiger partial charge in [-0.05, 0) is 37.8 Å². The van der Waals surface area contributed by atoms with Gasteiger partial charge in [0.05, 0.1) is 0 Å². The summed E-state index contributed by atoms with van der Waals surface area (Å²) in [4.78, 5) is 0. The molecule has 0 aromatic rings. The van der Waals surface area contributed by atoms with Gasteiger partial charge in [0.15, 0.2) is 0 Å². The van der Waals surface area contributed by atoms with Gasteiger partial charge in [-0.3, -0.25) is 0 Å². The molecule has 2 saturated heterocycles. The SMILES string of the molecule is O=S(=O)(NC1C2CNCC21)N1CCCCC1. The van der Waals surface area contributed by atoms with Gasteiger partial charge in [-0.15, -0.1) is 0 Å². The van der Waals surface area contributed by atoms with Gasteiger partial charge in [0, 0.05) is 19.1 Å². The number of fused-ring (bicyclic) bond motifs is 1. The van der Waals surface area contributed by atoms with E-state index in [4.69, 9.17) is 0 Å². The molecule has 0 aromatic carbocycles. The highest BCUT2D eigenvalue weighted by Gasteiger charge is 2.54. The van der Waals surface area contributed by atoms with Gasteiger partial charge in [0.1, 0.15) is 0 Å². The Kier molecular flexibility index (Phi) is 2.70. The van der Waals surface area contributed by atoms with Gasteiger partial charge in [-0.1, -0.05) is 6.42 Å². The largest absolute Gasteiger partial charge is 0.316 e. The average molecular weight is 245 g/mol. The van der Waals surface area contributed by atoms with Crippen LogP contribution >= 0.6 is 0 Å². The van der Waals surface area contributed by atoms with Gasteiger partial charge in [0.2, 0.25) is 0 Å². The number of nitrogens with one attached hydrogen (secondary N) is 2. The minimum atomic E-state index is -3.21. The van der Waals surface area contributed by atoms with E-state index >= 15 is 0 Å². The van der Waals surface area contributed by atoms with E-state index in [-0.39, 0.29) is 6.04 Å². The zero-order valence-corrected chi connectivity index (χ0v) is 10.2. The lowest BCUT2D eigenvalue weighted by Crippen LogP contribution is -2.45. The first kappa shape index (κ1) is 11.0. The van der Waals surface area contributed by atoms with E-state index in [1.165, 1.54) is 0 Å². The molecule has 0 spiro atoms. The zero-order valence-electron chi connectivity index (χ0n) is 9.35. The first-order chi connectivity index (χ1) is 7.68. The topological polar surface area (TPSA) is 61.4 Å². The van der Waals surface area contributed by atoms with Crippen LogP contribution in [0.1, 0.15) is 19.3 Å². The molecular weight excluding hydrogens is 226 g/mol. The van der Waals surface area contributed by atoms with Crippen LogP contribution in [-0.2, 0) is 10.2 Å². The normalized spacial score (nSPS) is 39.6. The van der Waals surface area contributed by atoms with Gasteiger partial charge in [-0.2, -0.15) is 17.4 Å². The lowest BCUT2D eigenvalue weighted by atomic mass is 10.2. The highest BCUT2D eigenvalue weighted by atomic mass is 32.2. The molecule has 3 aliphatic rings. The lowest BCUT2D eigenvalue weighted by molar-refractivity contribution is 0.340. The van der Waals surface area contributed by atoms with Gasteiger partial charge in [-0.25, -0.2) is 0 Å². The van der Waals surface area contributed by atoms with Crippen molar-refractivity contribution in [3.63, 3.8) is 0 Å². The Morgan fingerprint density at radius 1 is 1.06 bits per heavy atom. The molecule has 16 heavy (non-hydrogen) atoms. The predicted molar refractivity (Wildman–Crippen MR) is 61.1 cm³/mol. The van der Waals surface area contributed by atoms with Crippen LogP contribution in [0.5, 0.6) is 0 Å². The van der Waals surface area contributed by atoms with Crippen molar-refractivity contribution in [1.29, 1.82) is 0 Å². The van der Waals surface area contributed by atoms with E-state index in [2.05, 4.69) is 10.0 Å². The van der Waals surface area contributed by atoms with E-state index < -0.39 is 10.2 Å². The first-order valence-electron chi connectivity index (χ1n) is 6.16. The number of nitrogens with zero attached hydrogens (tertiary/aromatic N) is 1. The molecule has 0 aromatic heterocycles. The van der Waals surface area contributed by atoms with Crippen LogP contribution in [-0.4, -0.2) is 44.9 Å². The van der Waals surface area contributed by atoms with E-state index in [1.54, 1.807) is 4.31 Å². The molecule has 3 rings (SSSR count). The van der Waals surface area contributed by atoms with E-state index in [0.29, 0.717) is 24.9 Å². The average Bonchev–Trinajstić information content (AvgIpc) is 2.76. The van der Waals surface area contributed by atoms with Gasteiger partial charge in [0.25, 0.3) is 10.2 Å². The fourth-order valence-electron chi connectivity index (χ4n) is 2.94. The maximum atomic E-state index is 12.1. The number of piperidine rings is 2. The van der Waals surface area contributed by atoms with Gasteiger partial charge < -0.3 is 5.32 Å². The zero-order chi connectivity index (χ0) is 11.2. The van der Waals surface area contributed by atoms with Crippen molar-refractivity contribution in [3.05, 3.63) is 0 Å². The van der Waals surface area contributed by atoms with E-state index in [1.807, 2.05) is 0 Å². The summed E-state index contributed by atoms with van der Waals surface area (Å²) in [5.74, 6) is 1.08. The third kappa shape index (κ3) is 1.88. The monoisotopic (exact) mass is 245 g/mol. The van der Waals surface area contributed by atoms with Gasteiger partial charge >= 0.3 is 0 Å². The van der Waals surface area contributed by atoms with Crippen molar-refractivity contribution in [2.45, 2.75) is 25.3 Å². The Morgan fingerprint density at radius 2 is 1.69 bits per heavy atom. The molecule has 0 amide bonds. The van der Waals surface area contributed by atoms with Crippen LogP contribution in [0.2, 0.25) is 0 Å². The Bertz CT molecular complexity index is 354. The van der Waals surface area contributed by atoms with Crippen LogP contribution < -0.4 is 10.0 Å². The molecule has 2 heterocycles. The van der Waals surface area contributed by atoms with Crippen molar-refractivity contribution in [2.24, 2.45) is 11.8 Å². The van der Waals surface area contributed by atoms with Crippen molar-refractivity contribution in [2.75, 3.05) is 26.2 Å². The molecule has 0 bridgehead atoms. The summed E-state index contributed by atoms with van der Waals surface area (Å²) in [6, 6.07) is 0.202. The smallest absolute Gasteiger partial charge is 0.279 e.